The molecule has 0 bridgehead atoms. The molecule has 9 heteroatoms. The van der Waals surface area contributed by atoms with Crippen LogP contribution in [0.4, 0.5) is 0 Å². The SMILES string of the molecule is COc1ccc([C@H](C)NC(=O)CSc2nc3cc(C)[nH]c3c(=O)n2CCC(C)C)cc1OC. The third-order valence-electron chi connectivity index (χ3n) is 5.39. The van der Waals surface area contributed by atoms with Gasteiger partial charge in [-0.3, -0.25) is 14.2 Å². The van der Waals surface area contributed by atoms with Gasteiger partial charge in [0.05, 0.1) is 31.5 Å². The Morgan fingerprint density at radius 1 is 1.18 bits per heavy atom. The number of aryl methyl sites for hydroxylation is 1. The third kappa shape index (κ3) is 5.90. The maximum atomic E-state index is 13.1. The lowest BCUT2D eigenvalue weighted by molar-refractivity contribution is -0.119. The highest BCUT2D eigenvalue weighted by atomic mass is 32.2. The fraction of sp³-hybridized carbons (Fsp3) is 0.458. The molecule has 3 rings (SSSR count). The minimum atomic E-state index is -0.219. The Balaban J connectivity index is 1.74. The molecular weight excluding hydrogens is 440 g/mol. The lowest BCUT2D eigenvalue weighted by Crippen LogP contribution is -2.29. The second-order valence-electron chi connectivity index (χ2n) is 8.44. The molecule has 0 radical (unpaired) electrons. The van der Waals surface area contributed by atoms with Crippen LogP contribution in [0.5, 0.6) is 11.5 Å². The fourth-order valence-electron chi connectivity index (χ4n) is 3.52. The number of nitrogens with zero attached hydrogens (tertiary/aromatic N) is 2. The number of carbonyl (C=O) groups excluding carboxylic acids is 1. The van der Waals surface area contributed by atoms with Gasteiger partial charge in [-0.15, -0.1) is 0 Å². The van der Waals surface area contributed by atoms with Gasteiger partial charge < -0.3 is 19.8 Å². The second-order valence-corrected chi connectivity index (χ2v) is 9.38. The number of hydrogen-bond acceptors (Lipinski definition) is 6. The van der Waals surface area contributed by atoms with Gasteiger partial charge in [-0.05, 0) is 49.9 Å². The topological polar surface area (TPSA) is 98.2 Å². The average molecular weight is 473 g/mol. The molecule has 0 saturated heterocycles. The van der Waals surface area contributed by atoms with Crippen molar-refractivity contribution in [1.82, 2.24) is 19.9 Å². The monoisotopic (exact) mass is 472 g/mol. The smallest absolute Gasteiger partial charge is 0.278 e. The normalized spacial score (nSPS) is 12.2. The van der Waals surface area contributed by atoms with E-state index in [2.05, 4.69) is 29.1 Å². The number of methoxy groups -OCH3 is 2. The minimum Gasteiger partial charge on any atom is -0.493 e. The number of aromatic nitrogens is 3. The van der Waals surface area contributed by atoms with E-state index < -0.39 is 0 Å². The molecule has 2 N–H and O–H groups in total. The number of aromatic amines is 1. The van der Waals surface area contributed by atoms with Gasteiger partial charge in [0.2, 0.25) is 5.91 Å². The molecule has 178 valence electrons. The van der Waals surface area contributed by atoms with Crippen LogP contribution in [0, 0.1) is 12.8 Å². The third-order valence-corrected chi connectivity index (χ3v) is 6.36. The highest BCUT2D eigenvalue weighted by molar-refractivity contribution is 7.99. The van der Waals surface area contributed by atoms with Crippen LogP contribution in [0.3, 0.4) is 0 Å². The van der Waals surface area contributed by atoms with Crippen LogP contribution in [0.2, 0.25) is 0 Å². The van der Waals surface area contributed by atoms with Crippen molar-refractivity contribution in [3.8, 4) is 11.5 Å². The van der Waals surface area contributed by atoms with E-state index in [-0.39, 0.29) is 23.3 Å². The molecule has 0 saturated carbocycles. The van der Waals surface area contributed by atoms with Crippen LogP contribution in [-0.4, -0.2) is 40.4 Å². The van der Waals surface area contributed by atoms with Crippen LogP contribution >= 0.6 is 11.8 Å². The minimum absolute atomic E-state index is 0.102. The van der Waals surface area contributed by atoms with Gasteiger partial charge in [0.25, 0.3) is 5.56 Å². The largest absolute Gasteiger partial charge is 0.493 e. The molecule has 1 amide bonds. The zero-order valence-electron chi connectivity index (χ0n) is 20.0. The molecule has 0 unspecified atom stereocenters. The number of rotatable bonds is 10. The first-order valence-electron chi connectivity index (χ1n) is 11.0. The Morgan fingerprint density at radius 2 is 1.91 bits per heavy atom. The van der Waals surface area contributed by atoms with Gasteiger partial charge in [0, 0.05) is 12.2 Å². The Labute approximate surface area is 198 Å². The van der Waals surface area contributed by atoms with Crippen LogP contribution < -0.4 is 20.3 Å². The number of thioether (sulfide) groups is 1. The van der Waals surface area contributed by atoms with Gasteiger partial charge in [0.15, 0.2) is 16.7 Å². The summed E-state index contributed by atoms with van der Waals surface area (Å²) in [5.41, 5.74) is 2.82. The lowest BCUT2D eigenvalue weighted by Gasteiger charge is -2.17. The van der Waals surface area contributed by atoms with Crippen LogP contribution in [-0.2, 0) is 11.3 Å². The van der Waals surface area contributed by atoms with Gasteiger partial charge in [-0.25, -0.2) is 4.98 Å². The molecule has 33 heavy (non-hydrogen) atoms. The van der Waals surface area contributed by atoms with Crippen molar-refractivity contribution >= 4 is 28.7 Å². The number of carbonyl (C=O) groups is 1. The first-order valence-corrected chi connectivity index (χ1v) is 12.0. The summed E-state index contributed by atoms with van der Waals surface area (Å²) in [5.74, 6) is 1.70. The van der Waals surface area contributed by atoms with Crippen molar-refractivity contribution in [1.29, 1.82) is 0 Å². The highest BCUT2D eigenvalue weighted by Gasteiger charge is 2.17. The van der Waals surface area contributed by atoms with E-state index in [1.165, 1.54) is 11.8 Å². The van der Waals surface area contributed by atoms with Gasteiger partial charge in [0.1, 0.15) is 5.52 Å². The number of hydrogen-bond donors (Lipinski definition) is 2. The number of amides is 1. The Bertz CT molecular complexity index is 1190. The standard InChI is InChI=1S/C24H32N4O4S/c1-14(2)9-10-28-23(30)22-18(11-15(3)25-22)27-24(28)33-13-21(29)26-16(4)17-7-8-19(31-5)20(12-17)32-6/h7-8,11-12,14,16,25H,9-10,13H2,1-6H3,(H,26,29)/t16-/m0/s1. The summed E-state index contributed by atoms with van der Waals surface area (Å²) in [6.07, 6.45) is 0.850. The number of fused-ring (bicyclic) bond motifs is 1. The molecule has 2 aromatic heterocycles. The maximum Gasteiger partial charge on any atom is 0.278 e. The fourth-order valence-corrected chi connectivity index (χ4v) is 4.36. The van der Waals surface area contributed by atoms with E-state index in [0.29, 0.717) is 40.2 Å². The summed E-state index contributed by atoms with van der Waals surface area (Å²) >= 11 is 1.28. The first-order chi connectivity index (χ1) is 15.7. The van der Waals surface area contributed by atoms with Crippen molar-refractivity contribution < 1.29 is 14.3 Å². The molecule has 0 aliphatic heterocycles. The number of benzene rings is 1. The molecular formula is C24H32N4O4S. The van der Waals surface area contributed by atoms with E-state index in [4.69, 9.17) is 9.47 Å². The molecule has 0 aliphatic rings. The maximum absolute atomic E-state index is 13.1. The molecule has 2 heterocycles. The van der Waals surface area contributed by atoms with Crippen LogP contribution in [0.1, 0.15) is 44.5 Å². The van der Waals surface area contributed by atoms with Crippen molar-refractivity contribution in [3.63, 3.8) is 0 Å². The van der Waals surface area contributed by atoms with E-state index in [1.54, 1.807) is 18.8 Å². The lowest BCUT2D eigenvalue weighted by atomic mass is 10.1. The van der Waals surface area contributed by atoms with Crippen molar-refractivity contribution in [2.75, 3.05) is 20.0 Å². The molecule has 1 atom stereocenters. The van der Waals surface area contributed by atoms with Gasteiger partial charge in [-0.2, -0.15) is 0 Å². The van der Waals surface area contributed by atoms with Crippen molar-refractivity contribution in [2.45, 2.75) is 51.9 Å². The van der Waals surface area contributed by atoms with E-state index in [0.717, 1.165) is 17.7 Å². The van der Waals surface area contributed by atoms with Crippen LogP contribution in [0.25, 0.3) is 11.0 Å². The number of ether oxygens (including phenoxy) is 2. The molecule has 0 spiro atoms. The van der Waals surface area contributed by atoms with Crippen LogP contribution in [0.15, 0.2) is 34.2 Å². The Hall–Kier alpha value is -2.94. The predicted molar refractivity (Wildman–Crippen MR) is 131 cm³/mol. The number of nitrogens with one attached hydrogen (secondary N) is 2. The van der Waals surface area contributed by atoms with E-state index in [9.17, 15) is 9.59 Å². The van der Waals surface area contributed by atoms with E-state index in [1.807, 2.05) is 38.1 Å². The molecule has 0 aliphatic carbocycles. The molecule has 3 aromatic rings. The average Bonchev–Trinajstić information content (AvgIpc) is 3.16. The summed E-state index contributed by atoms with van der Waals surface area (Å²) in [5, 5.41) is 3.56. The summed E-state index contributed by atoms with van der Waals surface area (Å²) in [7, 11) is 3.16. The van der Waals surface area contributed by atoms with Gasteiger partial charge >= 0.3 is 0 Å². The zero-order chi connectivity index (χ0) is 24.1. The summed E-state index contributed by atoms with van der Waals surface area (Å²) in [6.45, 7) is 8.60. The van der Waals surface area contributed by atoms with Crippen molar-refractivity contribution in [3.05, 3.63) is 45.9 Å². The van der Waals surface area contributed by atoms with Crippen molar-refractivity contribution in [2.24, 2.45) is 5.92 Å². The zero-order valence-corrected chi connectivity index (χ0v) is 20.8. The first kappa shape index (κ1) is 24.7. The molecule has 0 fully saturated rings. The summed E-state index contributed by atoms with van der Waals surface area (Å²) in [4.78, 5) is 33.5. The summed E-state index contributed by atoms with van der Waals surface area (Å²) < 4.78 is 12.3. The molecule has 1 aromatic carbocycles. The highest BCUT2D eigenvalue weighted by Crippen LogP contribution is 2.30. The van der Waals surface area contributed by atoms with Gasteiger partial charge in [-0.1, -0.05) is 31.7 Å². The predicted octanol–water partition coefficient (Wildman–Crippen LogP) is 4.07. The van der Waals surface area contributed by atoms with E-state index >= 15 is 0 Å². The summed E-state index contributed by atoms with van der Waals surface area (Å²) in [6, 6.07) is 7.20. The quantitative estimate of drug-likeness (QED) is 0.341. The number of H-pyrrole nitrogens is 1. The second kappa shape index (κ2) is 10.8. The Kier molecular flexibility index (Phi) is 8.07. The molecule has 8 nitrogen and oxygen atoms in total. The Morgan fingerprint density at radius 3 is 2.58 bits per heavy atom.